The van der Waals surface area contributed by atoms with E-state index in [0.717, 1.165) is 0 Å². The maximum Gasteiger partial charge on any atom is 0.433 e. The van der Waals surface area contributed by atoms with Gasteiger partial charge in [0.15, 0.2) is 14.9 Å². The zero-order valence-electron chi connectivity index (χ0n) is 9.11. The van der Waals surface area contributed by atoms with Crippen LogP contribution in [0, 0.1) is 0 Å². The first-order chi connectivity index (χ1) is 6.97. The van der Waals surface area contributed by atoms with Crippen molar-refractivity contribution >= 4 is 21.0 Å². The van der Waals surface area contributed by atoms with Crippen LogP contribution in [0.15, 0.2) is 5.16 Å². The molecule has 0 aliphatic carbocycles. The van der Waals surface area contributed by atoms with Gasteiger partial charge in [-0.2, -0.15) is 0 Å². The first kappa shape index (κ1) is 13.9. The minimum Gasteiger partial charge on any atom is -0.323 e. The summed E-state index contributed by atoms with van der Waals surface area (Å²) in [4.78, 5) is 15.1. The lowest BCUT2D eigenvalue weighted by Crippen LogP contribution is -2.21. The lowest BCUT2D eigenvalue weighted by Gasteiger charge is -2.03. The fraction of sp³-hybridized carbons (Fsp3) is 0.750. The lowest BCUT2D eigenvalue weighted by atomic mass is 10.4. The van der Waals surface area contributed by atoms with Crippen LogP contribution < -0.4 is 5.32 Å². The van der Waals surface area contributed by atoms with Crippen molar-refractivity contribution in [2.45, 2.75) is 26.7 Å². The predicted octanol–water partition coefficient (Wildman–Crippen LogP) is 0.891. The second kappa shape index (κ2) is 6.39. The second-order valence-corrected chi connectivity index (χ2v) is 5.05. The van der Waals surface area contributed by atoms with Gasteiger partial charge in [-0.05, 0) is 6.42 Å². The van der Waals surface area contributed by atoms with Gasteiger partial charge in [-0.3, -0.25) is 4.84 Å². The third kappa shape index (κ3) is 4.78. The van der Waals surface area contributed by atoms with Crippen molar-refractivity contribution < 1.29 is 18.0 Å². The first-order valence-electron chi connectivity index (χ1n) is 4.66. The molecule has 0 radical (unpaired) electrons. The summed E-state index contributed by atoms with van der Waals surface area (Å²) in [6.45, 7) is 3.33. The van der Waals surface area contributed by atoms with Crippen LogP contribution in [0.2, 0.25) is 0 Å². The molecule has 0 rings (SSSR count). The summed E-state index contributed by atoms with van der Waals surface area (Å²) in [5, 5.41) is 5.43. The fourth-order valence-corrected chi connectivity index (χ4v) is 1.78. The van der Waals surface area contributed by atoms with E-state index in [1.165, 1.54) is 14.0 Å². The van der Waals surface area contributed by atoms with E-state index in [9.17, 15) is 13.2 Å². The van der Waals surface area contributed by atoms with Gasteiger partial charge in [0, 0.05) is 13.5 Å². The van der Waals surface area contributed by atoms with Gasteiger partial charge in [-0.1, -0.05) is 19.0 Å². The van der Waals surface area contributed by atoms with Gasteiger partial charge >= 0.3 is 6.09 Å². The third-order valence-electron chi connectivity index (χ3n) is 1.64. The molecule has 0 saturated carbocycles. The quantitative estimate of drug-likeness (QED) is 0.340. The average molecular weight is 236 g/mol. The molecule has 0 unspecified atom stereocenters. The molecule has 7 heteroatoms. The zero-order valence-corrected chi connectivity index (χ0v) is 9.93. The van der Waals surface area contributed by atoms with Gasteiger partial charge < -0.3 is 5.32 Å². The maximum atomic E-state index is 11.4. The Morgan fingerprint density at radius 2 is 2.00 bits per heavy atom. The molecule has 0 bridgehead atoms. The first-order valence-corrected chi connectivity index (χ1v) is 6.31. The van der Waals surface area contributed by atoms with Crippen molar-refractivity contribution in [3.8, 4) is 0 Å². The van der Waals surface area contributed by atoms with E-state index in [1.807, 2.05) is 6.92 Å². The van der Waals surface area contributed by atoms with Gasteiger partial charge in [0.2, 0.25) is 0 Å². The van der Waals surface area contributed by atoms with Crippen LogP contribution in [-0.4, -0.2) is 32.4 Å². The average Bonchev–Trinajstić information content (AvgIpc) is 2.23. The van der Waals surface area contributed by atoms with Gasteiger partial charge in [0.05, 0.1) is 5.75 Å². The van der Waals surface area contributed by atoms with E-state index in [-0.39, 0.29) is 17.2 Å². The number of amides is 1. The van der Waals surface area contributed by atoms with Crippen LogP contribution >= 0.6 is 0 Å². The van der Waals surface area contributed by atoms with E-state index in [1.54, 1.807) is 0 Å². The van der Waals surface area contributed by atoms with Crippen molar-refractivity contribution in [3.05, 3.63) is 0 Å². The third-order valence-corrected chi connectivity index (χ3v) is 3.39. The smallest absolute Gasteiger partial charge is 0.323 e. The molecule has 0 fully saturated rings. The summed E-state index contributed by atoms with van der Waals surface area (Å²) in [6, 6.07) is 0. The van der Waals surface area contributed by atoms with Crippen LogP contribution in [0.1, 0.15) is 26.7 Å². The summed E-state index contributed by atoms with van der Waals surface area (Å²) in [5.41, 5.74) is 0. The number of nitrogens with one attached hydrogen (secondary N) is 1. The van der Waals surface area contributed by atoms with Crippen molar-refractivity contribution in [2.24, 2.45) is 5.16 Å². The largest absolute Gasteiger partial charge is 0.433 e. The lowest BCUT2D eigenvalue weighted by molar-refractivity contribution is 0.153. The van der Waals surface area contributed by atoms with Gasteiger partial charge in [-0.15, -0.1) is 0 Å². The number of carbonyl (C=O) groups excluding carboxylic acids is 1. The number of hydrogen-bond donors (Lipinski definition) is 1. The van der Waals surface area contributed by atoms with Crippen LogP contribution in [0.25, 0.3) is 0 Å². The normalized spacial score (nSPS) is 12.3. The Bertz CT molecular complexity index is 335. The second-order valence-electron chi connectivity index (χ2n) is 2.77. The number of rotatable bonds is 4. The Morgan fingerprint density at radius 3 is 2.40 bits per heavy atom. The SMILES string of the molecule is CCCC(=NOC(=O)NC)S(=O)(=O)CC. The van der Waals surface area contributed by atoms with Gasteiger partial charge in [0.25, 0.3) is 0 Å². The summed E-state index contributed by atoms with van der Waals surface area (Å²) in [7, 11) is -2.01. The van der Waals surface area contributed by atoms with E-state index < -0.39 is 15.9 Å². The molecule has 15 heavy (non-hydrogen) atoms. The van der Waals surface area contributed by atoms with Crippen LogP contribution in [-0.2, 0) is 14.7 Å². The minimum atomic E-state index is -3.38. The molecular weight excluding hydrogens is 220 g/mol. The zero-order chi connectivity index (χ0) is 11.9. The Hall–Kier alpha value is -1.11. The molecule has 0 atom stereocenters. The van der Waals surface area contributed by atoms with Crippen molar-refractivity contribution in [3.63, 3.8) is 0 Å². The van der Waals surface area contributed by atoms with E-state index >= 15 is 0 Å². The number of sulfone groups is 1. The molecule has 0 aromatic carbocycles. The summed E-state index contributed by atoms with van der Waals surface area (Å²) >= 11 is 0. The number of oxime groups is 1. The highest BCUT2D eigenvalue weighted by atomic mass is 32.2. The molecule has 0 saturated heterocycles. The minimum absolute atomic E-state index is 0.0526. The highest BCUT2D eigenvalue weighted by Crippen LogP contribution is 2.03. The molecule has 1 N–H and O–H groups in total. The molecule has 0 aliphatic heterocycles. The van der Waals surface area contributed by atoms with Crippen molar-refractivity contribution in [1.29, 1.82) is 0 Å². The predicted molar refractivity (Wildman–Crippen MR) is 57.3 cm³/mol. The van der Waals surface area contributed by atoms with Crippen molar-refractivity contribution in [2.75, 3.05) is 12.8 Å². The summed E-state index contributed by atoms with van der Waals surface area (Å²) < 4.78 is 22.9. The molecule has 0 aromatic rings. The van der Waals surface area contributed by atoms with E-state index in [0.29, 0.717) is 6.42 Å². The standard InChI is InChI=1S/C8H16N2O4S/c1-4-6-7(15(12,13)5-2)10-14-8(11)9-3/h4-6H2,1-3H3,(H,9,11). The number of hydrogen-bond acceptors (Lipinski definition) is 5. The van der Waals surface area contributed by atoms with Gasteiger partial charge in [-0.25, -0.2) is 13.2 Å². The maximum absolute atomic E-state index is 11.4. The summed E-state index contributed by atoms with van der Waals surface area (Å²) in [5.74, 6) is -0.0526. The summed E-state index contributed by atoms with van der Waals surface area (Å²) in [6.07, 6.45) is 0.109. The molecule has 88 valence electrons. The molecule has 0 aliphatic rings. The van der Waals surface area contributed by atoms with Crippen molar-refractivity contribution in [1.82, 2.24) is 5.32 Å². The topological polar surface area (TPSA) is 84.8 Å². The van der Waals surface area contributed by atoms with E-state index in [2.05, 4.69) is 15.3 Å². The fourth-order valence-electron chi connectivity index (χ4n) is 0.776. The highest BCUT2D eigenvalue weighted by Gasteiger charge is 2.17. The van der Waals surface area contributed by atoms with Gasteiger partial charge in [0.1, 0.15) is 0 Å². The molecular formula is C8H16N2O4S. The number of nitrogens with zero attached hydrogens (tertiary/aromatic N) is 1. The monoisotopic (exact) mass is 236 g/mol. The Morgan fingerprint density at radius 1 is 1.40 bits per heavy atom. The van der Waals surface area contributed by atoms with Crippen LogP contribution in [0.3, 0.4) is 0 Å². The van der Waals surface area contributed by atoms with Crippen LogP contribution in [0.4, 0.5) is 4.79 Å². The Balaban J connectivity index is 4.74. The molecule has 0 aromatic heterocycles. The molecule has 6 nitrogen and oxygen atoms in total. The Kier molecular flexibility index (Phi) is 5.92. The van der Waals surface area contributed by atoms with E-state index in [4.69, 9.17) is 0 Å². The molecule has 0 heterocycles. The number of carbonyl (C=O) groups is 1. The highest BCUT2D eigenvalue weighted by molar-refractivity contribution is 8.06. The molecule has 1 amide bonds. The van der Waals surface area contributed by atoms with Crippen LogP contribution in [0.5, 0.6) is 0 Å². The Labute approximate surface area is 89.6 Å². The molecule has 0 spiro atoms.